The van der Waals surface area contributed by atoms with Gasteiger partial charge in [0.2, 0.25) is 5.91 Å². The van der Waals surface area contributed by atoms with Crippen LogP contribution in [-0.4, -0.2) is 17.4 Å². The molecule has 3 rings (SSSR count). The van der Waals surface area contributed by atoms with Crippen molar-refractivity contribution >= 4 is 33.2 Å². The third-order valence-electron chi connectivity index (χ3n) is 4.14. The van der Waals surface area contributed by atoms with Crippen LogP contribution in [0, 0.1) is 5.92 Å². The second-order valence-corrected chi connectivity index (χ2v) is 8.16. The zero-order valence-corrected chi connectivity index (χ0v) is 14.9. The Morgan fingerprint density at radius 1 is 1.50 bits per heavy atom. The van der Waals surface area contributed by atoms with Crippen molar-refractivity contribution in [2.75, 3.05) is 6.54 Å². The van der Waals surface area contributed by atoms with Gasteiger partial charge in [-0.2, -0.15) is 0 Å². The van der Waals surface area contributed by atoms with Gasteiger partial charge in [-0.05, 0) is 40.6 Å². The van der Waals surface area contributed by atoms with Crippen LogP contribution in [-0.2, 0) is 11.3 Å². The van der Waals surface area contributed by atoms with Gasteiger partial charge in [0.05, 0.1) is 3.79 Å². The highest BCUT2D eigenvalue weighted by molar-refractivity contribution is 9.11. The summed E-state index contributed by atoms with van der Waals surface area (Å²) in [6.07, 6.45) is 12.2. The Morgan fingerprint density at radius 3 is 3.09 bits per heavy atom. The van der Waals surface area contributed by atoms with Gasteiger partial charge in [-0.25, -0.2) is 0 Å². The maximum atomic E-state index is 12.1. The summed E-state index contributed by atoms with van der Waals surface area (Å²) >= 11 is 5.39. The summed E-state index contributed by atoms with van der Waals surface area (Å²) in [6, 6.07) is 2.14. The predicted octanol–water partition coefficient (Wildman–Crippen LogP) is 4.81. The zero-order valence-electron chi connectivity index (χ0n) is 12.5. The van der Waals surface area contributed by atoms with E-state index in [4.69, 9.17) is 0 Å². The van der Waals surface area contributed by atoms with Crippen molar-refractivity contribution in [2.45, 2.75) is 19.4 Å². The van der Waals surface area contributed by atoms with E-state index >= 15 is 0 Å². The van der Waals surface area contributed by atoms with Gasteiger partial charge in [-0.3, -0.25) is 4.79 Å². The molecule has 1 aromatic rings. The number of fused-ring (bicyclic) bond motifs is 1. The van der Waals surface area contributed by atoms with Crippen molar-refractivity contribution in [1.82, 2.24) is 4.90 Å². The second-order valence-electron chi connectivity index (χ2n) is 5.70. The molecule has 1 aromatic heterocycles. The Balaban J connectivity index is 1.99. The van der Waals surface area contributed by atoms with Crippen LogP contribution in [0.15, 0.2) is 58.5 Å². The molecule has 0 fully saturated rings. The van der Waals surface area contributed by atoms with Crippen LogP contribution in [0.1, 0.15) is 23.3 Å². The molecule has 4 heteroatoms. The minimum absolute atomic E-state index is 0.00870. The standard InChI is InChI=1S/C18H18BrNOS/c1-3-17(21)20-10-14-9-16(19)22-18(14)15(11-20)13-7-5-4-6-12(2)8-13/h3-9,13,15H,1,10-11H2,2H3/t13?,15-/m1/s1. The maximum Gasteiger partial charge on any atom is 0.246 e. The van der Waals surface area contributed by atoms with E-state index in [2.05, 4.69) is 65.9 Å². The summed E-state index contributed by atoms with van der Waals surface area (Å²) in [4.78, 5) is 15.4. The number of rotatable bonds is 2. The summed E-state index contributed by atoms with van der Waals surface area (Å²) in [7, 11) is 0. The van der Waals surface area contributed by atoms with E-state index in [0.717, 1.165) is 10.3 Å². The number of carbonyl (C=O) groups is 1. The molecule has 1 unspecified atom stereocenters. The first-order valence-electron chi connectivity index (χ1n) is 7.31. The fourth-order valence-electron chi connectivity index (χ4n) is 3.09. The highest BCUT2D eigenvalue weighted by Crippen LogP contribution is 2.42. The predicted molar refractivity (Wildman–Crippen MR) is 95.9 cm³/mol. The summed E-state index contributed by atoms with van der Waals surface area (Å²) < 4.78 is 1.13. The molecule has 22 heavy (non-hydrogen) atoms. The minimum atomic E-state index is 0.00870. The fourth-order valence-corrected chi connectivity index (χ4v) is 4.94. The normalized spacial score (nSPS) is 23.7. The monoisotopic (exact) mass is 375 g/mol. The number of nitrogens with zero attached hydrogens (tertiary/aromatic N) is 1. The average Bonchev–Trinajstić information content (AvgIpc) is 2.74. The van der Waals surface area contributed by atoms with E-state index in [1.807, 2.05) is 4.90 Å². The molecule has 0 radical (unpaired) electrons. The van der Waals surface area contributed by atoms with Gasteiger partial charge in [0.15, 0.2) is 0 Å². The smallest absolute Gasteiger partial charge is 0.246 e. The number of carbonyl (C=O) groups excluding carboxylic acids is 1. The molecule has 1 aliphatic carbocycles. The van der Waals surface area contributed by atoms with Gasteiger partial charge in [0.1, 0.15) is 0 Å². The molecular formula is C18H18BrNOS. The molecule has 0 spiro atoms. The number of thiophene rings is 1. The average molecular weight is 376 g/mol. The highest BCUT2D eigenvalue weighted by atomic mass is 79.9. The Labute approximate surface area is 143 Å². The molecule has 0 saturated carbocycles. The van der Waals surface area contributed by atoms with Crippen LogP contribution in [0.4, 0.5) is 0 Å². The molecule has 0 bridgehead atoms. The second kappa shape index (κ2) is 6.39. The third-order valence-corrected chi connectivity index (χ3v) is 5.95. The zero-order chi connectivity index (χ0) is 15.7. The summed E-state index contributed by atoms with van der Waals surface area (Å²) in [5.41, 5.74) is 2.51. The van der Waals surface area contributed by atoms with Gasteiger partial charge < -0.3 is 4.90 Å². The summed E-state index contributed by atoms with van der Waals surface area (Å²) in [5, 5.41) is 0. The lowest BCUT2D eigenvalue weighted by atomic mass is 9.85. The Bertz CT molecular complexity index is 698. The minimum Gasteiger partial charge on any atom is -0.334 e. The first-order valence-corrected chi connectivity index (χ1v) is 8.92. The van der Waals surface area contributed by atoms with Crippen molar-refractivity contribution in [3.8, 4) is 0 Å². The number of halogens is 1. The van der Waals surface area contributed by atoms with Crippen LogP contribution in [0.25, 0.3) is 0 Å². The van der Waals surface area contributed by atoms with E-state index in [0.29, 0.717) is 18.4 Å². The topological polar surface area (TPSA) is 20.3 Å². The van der Waals surface area contributed by atoms with Crippen molar-refractivity contribution in [3.63, 3.8) is 0 Å². The SMILES string of the molecule is C=CC(=O)N1Cc2cc(Br)sc2[C@@H](C2C=CC=CC(C)=C2)C1. The molecule has 0 N–H and O–H groups in total. The highest BCUT2D eigenvalue weighted by Gasteiger charge is 2.32. The Hall–Kier alpha value is -1.39. The van der Waals surface area contributed by atoms with Gasteiger partial charge in [-0.15, -0.1) is 11.3 Å². The quantitative estimate of drug-likeness (QED) is 0.679. The number of hydrogen-bond acceptors (Lipinski definition) is 2. The van der Waals surface area contributed by atoms with Gasteiger partial charge >= 0.3 is 0 Å². The van der Waals surface area contributed by atoms with E-state index in [1.165, 1.54) is 22.1 Å². The summed E-state index contributed by atoms with van der Waals surface area (Å²) in [6.45, 7) is 7.17. The molecular weight excluding hydrogens is 358 g/mol. The van der Waals surface area contributed by atoms with Crippen LogP contribution in [0.2, 0.25) is 0 Å². The van der Waals surface area contributed by atoms with E-state index in [1.54, 1.807) is 11.3 Å². The number of amides is 1. The van der Waals surface area contributed by atoms with Crippen molar-refractivity contribution in [1.29, 1.82) is 0 Å². The van der Waals surface area contributed by atoms with Crippen molar-refractivity contribution in [2.24, 2.45) is 5.92 Å². The molecule has 1 aliphatic heterocycles. The van der Waals surface area contributed by atoms with Gasteiger partial charge in [-0.1, -0.05) is 42.5 Å². The van der Waals surface area contributed by atoms with Crippen LogP contribution in [0.3, 0.4) is 0 Å². The molecule has 0 saturated heterocycles. The number of hydrogen-bond donors (Lipinski definition) is 0. The molecule has 2 atom stereocenters. The van der Waals surface area contributed by atoms with Gasteiger partial charge in [0.25, 0.3) is 0 Å². The van der Waals surface area contributed by atoms with Crippen LogP contribution < -0.4 is 0 Å². The molecule has 1 amide bonds. The third kappa shape index (κ3) is 3.03. The van der Waals surface area contributed by atoms with E-state index < -0.39 is 0 Å². The lowest BCUT2D eigenvalue weighted by molar-refractivity contribution is -0.127. The molecule has 114 valence electrons. The first-order chi connectivity index (χ1) is 10.6. The maximum absolute atomic E-state index is 12.1. The van der Waals surface area contributed by atoms with Crippen LogP contribution >= 0.6 is 27.3 Å². The summed E-state index contributed by atoms with van der Waals surface area (Å²) in [5.74, 6) is 0.615. The lowest BCUT2D eigenvalue weighted by Crippen LogP contribution is -2.38. The Morgan fingerprint density at radius 2 is 2.32 bits per heavy atom. The number of allylic oxidation sites excluding steroid dienone is 6. The molecule has 0 aromatic carbocycles. The first kappa shape index (κ1) is 15.5. The van der Waals surface area contributed by atoms with E-state index in [-0.39, 0.29) is 5.91 Å². The molecule has 2 nitrogen and oxygen atoms in total. The largest absolute Gasteiger partial charge is 0.334 e. The van der Waals surface area contributed by atoms with Crippen molar-refractivity contribution < 1.29 is 4.79 Å². The van der Waals surface area contributed by atoms with Gasteiger partial charge in [0, 0.05) is 29.8 Å². The lowest BCUT2D eigenvalue weighted by Gasteiger charge is -2.34. The van der Waals surface area contributed by atoms with E-state index in [9.17, 15) is 4.79 Å². The molecule has 2 heterocycles. The fraction of sp³-hybridized carbons (Fsp3) is 0.278. The van der Waals surface area contributed by atoms with Crippen molar-refractivity contribution in [3.05, 3.63) is 68.9 Å². The molecule has 2 aliphatic rings. The Kier molecular flexibility index (Phi) is 4.50. The van der Waals surface area contributed by atoms with Crippen LogP contribution in [0.5, 0.6) is 0 Å².